The number of oxazole rings is 1. The molecule has 0 spiro atoms. The van der Waals surface area contributed by atoms with Gasteiger partial charge in [0.25, 0.3) is 0 Å². The van der Waals surface area contributed by atoms with Gasteiger partial charge in [-0.3, -0.25) is 0 Å². The molecule has 0 bridgehead atoms. The maximum absolute atomic E-state index is 11.7. The van der Waals surface area contributed by atoms with Crippen molar-refractivity contribution in [2.75, 3.05) is 6.54 Å². The number of aromatic nitrogens is 1. The van der Waals surface area contributed by atoms with E-state index in [1.54, 1.807) is 6.92 Å². The summed E-state index contributed by atoms with van der Waals surface area (Å²) in [5.74, 6) is 1.34. The van der Waals surface area contributed by atoms with Gasteiger partial charge in [0.15, 0.2) is 0 Å². The minimum Gasteiger partial charge on any atom is -0.444 e. The molecule has 0 radical (unpaired) electrons. The Kier molecular flexibility index (Phi) is 5.56. The highest BCUT2D eigenvalue weighted by molar-refractivity contribution is 5.73. The van der Waals surface area contributed by atoms with Crippen LogP contribution in [0.5, 0.6) is 0 Å². The molecular weight excluding hydrogens is 258 g/mol. The fraction of sp³-hybridized carbons (Fsp3) is 0.714. The Morgan fingerprint density at radius 2 is 2.10 bits per heavy atom. The molecule has 1 aromatic rings. The van der Waals surface area contributed by atoms with Crippen LogP contribution in [-0.2, 0) is 6.54 Å². The van der Waals surface area contributed by atoms with Crippen LogP contribution in [0.3, 0.4) is 0 Å². The second-order valence-corrected chi connectivity index (χ2v) is 5.45. The number of carbonyl (C=O) groups excluding carboxylic acids is 1. The van der Waals surface area contributed by atoms with Crippen molar-refractivity contribution in [3.05, 3.63) is 17.3 Å². The highest BCUT2D eigenvalue weighted by atomic mass is 16.4. The van der Waals surface area contributed by atoms with Crippen LogP contribution < -0.4 is 10.6 Å². The molecule has 2 atom stereocenters. The number of amides is 2. The van der Waals surface area contributed by atoms with Crippen LogP contribution in [0.1, 0.15) is 44.5 Å². The molecule has 6 nitrogen and oxygen atoms in total. The maximum Gasteiger partial charge on any atom is 0.315 e. The van der Waals surface area contributed by atoms with Gasteiger partial charge in [-0.1, -0.05) is 20.3 Å². The van der Waals surface area contributed by atoms with E-state index in [0.29, 0.717) is 5.89 Å². The van der Waals surface area contributed by atoms with Crippen molar-refractivity contribution in [3.8, 4) is 0 Å². The van der Waals surface area contributed by atoms with Crippen molar-refractivity contribution < 1.29 is 14.3 Å². The summed E-state index contributed by atoms with van der Waals surface area (Å²) >= 11 is 0. The summed E-state index contributed by atoms with van der Waals surface area (Å²) in [6.07, 6.45) is 0.852. The van der Waals surface area contributed by atoms with E-state index in [1.807, 2.05) is 27.7 Å². The van der Waals surface area contributed by atoms with Crippen LogP contribution in [0.25, 0.3) is 0 Å². The molecule has 1 aromatic heterocycles. The molecule has 0 saturated heterocycles. The van der Waals surface area contributed by atoms with Crippen LogP contribution in [0.4, 0.5) is 4.79 Å². The first-order valence-electron chi connectivity index (χ1n) is 6.93. The van der Waals surface area contributed by atoms with Gasteiger partial charge in [0.05, 0.1) is 17.8 Å². The summed E-state index contributed by atoms with van der Waals surface area (Å²) in [5.41, 5.74) is -0.0933. The van der Waals surface area contributed by atoms with Gasteiger partial charge in [0.2, 0.25) is 5.89 Å². The van der Waals surface area contributed by atoms with E-state index < -0.39 is 5.60 Å². The standard InChI is InChI=1S/C14H25N3O3/c1-6-9(2)14(5,19)8-16-13(18)15-7-12-17-10(3)11(4)20-12/h9,19H,6-8H2,1-5H3,(H2,15,16,18). The van der Waals surface area contributed by atoms with Crippen molar-refractivity contribution >= 4 is 6.03 Å². The Hall–Kier alpha value is -1.56. The van der Waals surface area contributed by atoms with Gasteiger partial charge in [-0.15, -0.1) is 0 Å². The average Bonchev–Trinajstić information content (AvgIpc) is 2.72. The number of aryl methyl sites for hydroxylation is 2. The van der Waals surface area contributed by atoms with E-state index in [4.69, 9.17) is 4.42 Å². The zero-order valence-corrected chi connectivity index (χ0v) is 12.9. The van der Waals surface area contributed by atoms with E-state index in [1.165, 1.54) is 0 Å². The van der Waals surface area contributed by atoms with Gasteiger partial charge in [-0.05, 0) is 26.7 Å². The fourth-order valence-corrected chi connectivity index (χ4v) is 1.71. The summed E-state index contributed by atoms with van der Waals surface area (Å²) in [6.45, 7) is 9.80. The lowest BCUT2D eigenvalue weighted by Crippen LogP contribution is -2.47. The van der Waals surface area contributed by atoms with Gasteiger partial charge < -0.3 is 20.2 Å². The van der Waals surface area contributed by atoms with Crippen LogP contribution >= 0.6 is 0 Å². The number of hydrogen-bond acceptors (Lipinski definition) is 4. The molecule has 0 saturated carbocycles. The lowest BCUT2D eigenvalue weighted by Gasteiger charge is -2.29. The molecule has 0 fully saturated rings. The van der Waals surface area contributed by atoms with E-state index in [-0.39, 0.29) is 25.0 Å². The molecule has 0 aliphatic carbocycles. The minimum atomic E-state index is -0.914. The highest BCUT2D eigenvalue weighted by Gasteiger charge is 2.27. The van der Waals surface area contributed by atoms with Gasteiger partial charge in [-0.2, -0.15) is 0 Å². The first-order valence-corrected chi connectivity index (χ1v) is 6.93. The summed E-state index contributed by atoms with van der Waals surface area (Å²) < 4.78 is 5.36. The molecule has 114 valence electrons. The minimum absolute atomic E-state index is 0.111. The maximum atomic E-state index is 11.7. The summed E-state index contributed by atoms with van der Waals surface area (Å²) in [4.78, 5) is 15.8. The number of rotatable bonds is 6. The molecule has 0 aliphatic rings. The lowest BCUT2D eigenvalue weighted by molar-refractivity contribution is 0.00789. The molecular formula is C14H25N3O3. The largest absolute Gasteiger partial charge is 0.444 e. The third kappa shape index (κ3) is 4.52. The lowest BCUT2D eigenvalue weighted by atomic mass is 9.89. The molecule has 6 heteroatoms. The van der Waals surface area contributed by atoms with E-state index in [0.717, 1.165) is 17.9 Å². The van der Waals surface area contributed by atoms with Crippen LogP contribution in [0, 0.1) is 19.8 Å². The van der Waals surface area contributed by atoms with E-state index >= 15 is 0 Å². The monoisotopic (exact) mass is 283 g/mol. The van der Waals surface area contributed by atoms with Gasteiger partial charge in [0, 0.05) is 6.54 Å². The Morgan fingerprint density at radius 1 is 1.45 bits per heavy atom. The summed E-state index contributed by atoms with van der Waals surface area (Å²) in [5, 5.41) is 15.5. The smallest absolute Gasteiger partial charge is 0.315 e. The molecule has 0 aliphatic heterocycles. The van der Waals surface area contributed by atoms with E-state index in [2.05, 4.69) is 15.6 Å². The Morgan fingerprint density at radius 3 is 2.60 bits per heavy atom. The number of carbonyl (C=O) groups is 1. The molecule has 2 amide bonds. The zero-order chi connectivity index (χ0) is 15.3. The Labute approximate surface area is 120 Å². The van der Waals surface area contributed by atoms with Crippen molar-refractivity contribution in [2.24, 2.45) is 5.92 Å². The number of nitrogens with zero attached hydrogens (tertiary/aromatic N) is 1. The van der Waals surface area contributed by atoms with Crippen molar-refractivity contribution in [1.29, 1.82) is 0 Å². The summed E-state index contributed by atoms with van der Waals surface area (Å²) in [7, 11) is 0. The normalized spacial score (nSPS) is 15.5. The topological polar surface area (TPSA) is 87.4 Å². The van der Waals surface area contributed by atoms with Crippen molar-refractivity contribution in [3.63, 3.8) is 0 Å². The average molecular weight is 283 g/mol. The molecule has 2 unspecified atom stereocenters. The first-order chi connectivity index (χ1) is 9.26. The Bertz CT molecular complexity index is 435. The Balaban J connectivity index is 2.37. The number of nitrogens with one attached hydrogen (secondary N) is 2. The first kappa shape index (κ1) is 16.5. The van der Waals surface area contributed by atoms with Crippen LogP contribution in [0.2, 0.25) is 0 Å². The number of aliphatic hydroxyl groups is 1. The molecule has 20 heavy (non-hydrogen) atoms. The fourth-order valence-electron chi connectivity index (χ4n) is 1.71. The van der Waals surface area contributed by atoms with E-state index in [9.17, 15) is 9.90 Å². The predicted molar refractivity (Wildman–Crippen MR) is 76.3 cm³/mol. The van der Waals surface area contributed by atoms with Crippen LogP contribution in [-0.4, -0.2) is 28.3 Å². The summed E-state index contributed by atoms with van der Waals surface area (Å²) in [6, 6.07) is -0.345. The van der Waals surface area contributed by atoms with Gasteiger partial charge in [-0.25, -0.2) is 9.78 Å². The molecule has 3 N–H and O–H groups in total. The molecule has 1 rings (SSSR count). The zero-order valence-electron chi connectivity index (χ0n) is 12.9. The second kappa shape index (κ2) is 6.74. The van der Waals surface area contributed by atoms with Gasteiger partial charge >= 0.3 is 6.03 Å². The second-order valence-electron chi connectivity index (χ2n) is 5.45. The number of hydrogen-bond donors (Lipinski definition) is 3. The third-order valence-electron chi connectivity index (χ3n) is 3.75. The quantitative estimate of drug-likeness (QED) is 0.744. The highest BCUT2D eigenvalue weighted by Crippen LogP contribution is 2.18. The number of urea groups is 1. The predicted octanol–water partition coefficient (Wildman–Crippen LogP) is 1.89. The molecule has 0 aromatic carbocycles. The van der Waals surface area contributed by atoms with Crippen molar-refractivity contribution in [2.45, 2.75) is 53.2 Å². The van der Waals surface area contributed by atoms with Crippen LogP contribution in [0.15, 0.2) is 4.42 Å². The molecule has 1 heterocycles. The SMILES string of the molecule is CCC(C)C(C)(O)CNC(=O)NCc1nc(C)c(C)o1. The third-order valence-corrected chi connectivity index (χ3v) is 3.75. The van der Waals surface area contributed by atoms with Gasteiger partial charge in [0.1, 0.15) is 5.76 Å². The van der Waals surface area contributed by atoms with Crippen molar-refractivity contribution in [1.82, 2.24) is 15.6 Å².